The predicted octanol–water partition coefficient (Wildman–Crippen LogP) is 15.8. The molecule has 0 radical (unpaired) electrons. The van der Waals surface area contributed by atoms with Crippen molar-refractivity contribution >= 4 is 86.7 Å². The number of hydrogen-bond donors (Lipinski definition) is 0. The smallest absolute Gasteiger partial charge is 0.0548 e. The van der Waals surface area contributed by atoms with Gasteiger partial charge >= 0.3 is 0 Å². The van der Waals surface area contributed by atoms with E-state index >= 15 is 0 Å². The molecule has 13 rings (SSSR count). The third kappa shape index (κ3) is 4.70. The lowest BCUT2D eigenvalue weighted by Crippen LogP contribution is -1.95. The number of aromatic nitrogens is 2. The van der Waals surface area contributed by atoms with Crippen LogP contribution in [0.25, 0.3) is 120 Å². The summed E-state index contributed by atoms with van der Waals surface area (Å²) in [6.45, 7) is 0. The Morgan fingerprint density at radius 2 is 0.733 bits per heavy atom. The zero-order valence-electron chi connectivity index (χ0n) is 32.7. The summed E-state index contributed by atoms with van der Waals surface area (Å²) in [6, 6.07) is 80.6. The lowest BCUT2D eigenvalue weighted by Gasteiger charge is -2.20. The summed E-state index contributed by atoms with van der Waals surface area (Å²) >= 11 is 0. The van der Waals surface area contributed by atoms with Crippen LogP contribution in [0.4, 0.5) is 0 Å². The van der Waals surface area contributed by atoms with Crippen molar-refractivity contribution in [1.82, 2.24) is 9.13 Å². The highest BCUT2D eigenvalue weighted by atomic mass is 15.0. The molecule has 11 aromatic carbocycles. The van der Waals surface area contributed by atoms with Gasteiger partial charge in [-0.15, -0.1) is 0 Å². The van der Waals surface area contributed by atoms with Gasteiger partial charge in [0.25, 0.3) is 0 Å². The fraction of sp³-hybridized carbons (Fsp3) is 0. The number of para-hydroxylation sites is 3. The van der Waals surface area contributed by atoms with Crippen molar-refractivity contribution < 1.29 is 0 Å². The zero-order chi connectivity index (χ0) is 39.3. The van der Waals surface area contributed by atoms with E-state index in [0.717, 1.165) is 11.4 Å². The van der Waals surface area contributed by atoms with Gasteiger partial charge in [-0.3, -0.25) is 0 Å². The molecular weight excluding hydrogens is 725 g/mol. The van der Waals surface area contributed by atoms with Crippen LogP contribution in [0.3, 0.4) is 0 Å². The van der Waals surface area contributed by atoms with Crippen molar-refractivity contribution in [3.05, 3.63) is 218 Å². The standard InChI is InChI=1S/C58H36N2/c1-3-19-40(20-4-1)59-52-29-14-13-25-44(52)50-35-55-51(36-54(50)59)45-32-31-39(34-53(45)60(55)41-21-5-2-6-22-41)56-47-26-11-12-27-48(47)58(46-28-15-18-37-16-7-9-23-42(37)46)57-43-24-10-8-17-38(43)30-33-49(56)57/h1-36H. The second-order valence-electron chi connectivity index (χ2n) is 16.0. The van der Waals surface area contributed by atoms with Gasteiger partial charge in [-0.2, -0.15) is 0 Å². The minimum absolute atomic E-state index is 1.15. The average Bonchev–Trinajstić information content (AvgIpc) is 3.81. The Morgan fingerprint density at radius 3 is 1.43 bits per heavy atom. The summed E-state index contributed by atoms with van der Waals surface area (Å²) in [5, 5.41) is 15.0. The molecule has 0 N–H and O–H groups in total. The summed E-state index contributed by atoms with van der Waals surface area (Å²) in [4.78, 5) is 0. The maximum absolute atomic E-state index is 2.48. The minimum atomic E-state index is 1.15. The normalized spacial score (nSPS) is 12.0. The van der Waals surface area contributed by atoms with Gasteiger partial charge in [-0.1, -0.05) is 170 Å². The van der Waals surface area contributed by atoms with Gasteiger partial charge in [-0.25, -0.2) is 0 Å². The molecule has 0 atom stereocenters. The number of hydrogen-bond acceptors (Lipinski definition) is 0. The largest absolute Gasteiger partial charge is 0.309 e. The molecule has 13 aromatic rings. The van der Waals surface area contributed by atoms with Crippen LogP contribution in [-0.4, -0.2) is 9.13 Å². The van der Waals surface area contributed by atoms with E-state index in [9.17, 15) is 0 Å². The Balaban J connectivity index is 1.16. The van der Waals surface area contributed by atoms with E-state index in [0.29, 0.717) is 0 Å². The molecule has 0 aliphatic rings. The van der Waals surface area contributed by atoms with Gasteiger partial charge < -0.3 is 9.13 Å². The first-order valence-electron chi connectivity index (χ1n) is 20.8. The molecule has 0 fully saturated rings. The van der Waals surface area contributed by atoms with Crippen LogP contribution >= 0.6 is 0 Å². The molecule has 0 spiro atoms. The van der Waals surface area contributed by atoms with E-state index in [2.05, 4.69) is 228 Å². The van der Waals surface area contributed by atoms with Crippen molar-refractivity contribution in [1.29, 1.82) is 0 Å². The SMILES string of the molecule is c1ccc(-n2c3ccccc3c3cc4c(cc32)c2ccc(-c3c5ccccc5c(-c5cccc6ccccc56)c5c3ccc3ccccc35)cc2n4-c2ccccc2)cc1. The van der Waals surface area contributed by atoms with Gasteiger partial charge in [0.15, 0.2) is 0 Å². The second-order valence-corrected chi connectivity index (χ2v) is 16.0. The monoisotopic (exact) mass is 760 g/mol. The van der Waals surface area contributed by atoms with Crippen LogP contribution in [0, 0.1) is 0 Å². The Hall–Kier alpha value is -7.94. The van der Waals surface area contributed by atoms with Crippen LogP contribution in [0.2, 0.25) is 0 Å². The first kappa shape index (κ1) is 33.1. The fourth-order valence-electron chi connectivity index (χ4n) is 10.3. The number of benzene rings is 11. The van der Waals surface area contributed by atoms with E-state index < -0.39 is 0 Å². The van der Waals surface area contributed by atoms with E-state index in [-0.39, 0.29) is 0 Å². The van der Waals surface area contributed by atoms with Crippen LogP contribution in [0.15, 0.2) is 218 Å². The summed E-state index contributed by atoms with van der Waals surface area (Å²) < 4.78 is 4.90. The molecule has 0 aliphatic carbocycles. The first-order valence-corrected chi connectivity index (χ1v) is 20.8. The highest BCUT2D eigenvalue weighted by Crippen LogP contribution is 2.49. The number of nitrogens with zero attached hydrogens (tertiary/aromatic N) is 2. The average molecular weight is 761 g/mol. The van der Waals surface area contributed by atoms with Crippen LogP contribution in [-0.2, 0) is 0 Å². The van der Waals surface area contributed by atoms with Gasteiger partial charge in [0, 0.05) is 32.9 Å². The maximum Gasteiger partial charge on any atom is 0.0548 e. The molecule has 2 heteroatoms. The van der Waals surface area contributed by atoms with Crippen molar-refractivity contribution in [2.45, 2.75) is 0 Å². The Morgan fingerprint density at radius 1 is 0.250 bits per heavy atom. The Bertz CT molecular complexity index is 3860. The second kappa shape index (κ2) is 12.8. The molecule has 60 heavy (non-hydrogen) atoms. The molecule has 2 nitrogen and oxygen atoms in total. The van der Waals surface area contributed by atoms with Crippen LogP contribution < -0.4 is 0 Å². The Labute approximate surface area is 346 Å². The molecular formula is C58H36N2. The molecule has 0 amide bonds. The highest BCUT2D eigenvalue weighted by molar-refractivity contribution is 6.30. The van der Waals surface area contributed by atoms with E-state index in [1.54, 1.807) is 0 Å². The summed E-state index contributed by atoms with van der Waals surface area (Å²) in [7, 11) is 0. The van der Waals surface area contributed by atoms with Gasteiger partial charge in [0.2, 0.25) is 0 Å². The molecule has 0 bridgehead atoms. The quantitative estimate of drug-likeness (QED) is 0.125. The third-order valence-corrected chi connectivity index (χ3v) is 12.9. The van der Waals surface area contributed by atoms with Crippen molar-refractivity contribution in [2.75, 3.05) is 0 Å². The van der Waals surface area contributed by atoms with Crippen LogP contribution in [0.5, 0.6) is 0 Å². The highest BCUT2D eigenvalue weighted by Gasteiger charge is 2.23. The molecule has 0 unspecified atom stereocenters. The summed E-state index contributed by atoms with van der Waals surface area (Å²) in [6.07, 6.45) is 0. The minimum Gasteiger partial charge on any atom is -0.309 e. The topological polar surface area (TPSA) is 9.86 Å². The molecule has 0 saturated heterocycles. The number of rotatable bonds is 4. The van der Waals surface area contributed by atoms with E-state index in [1.165, 1.54) is 109 Å². The molecule has 2 heterocycles. The number of fused-ring (bicyclic) bond motifs is 11. The summed E-state index contributed by atoms with van der Waals surface area (Å²) in [5.41, 5.74) is 12.1. The molecule has 0 aliphatic heterocycles. The molecule has 2 aromatic heterocycles. The predicted molar refractivity (Wildman–Crippen MR) is 256 cm³/mol. The third-order valence-electron chi connectivity index (χ3n) is 12.9. The lowest BCUT2D eigenvalue weighted by atomic mass is 9.83. The fourth-order valence-corrected chi connectivity index (χ4v) is 10.3. The van der Waals surface area contributed by atoms with Gasteiger partial charge in [0.1, 0.15) is 0 Å². The lowest BCUT2D eigenvalue weighted by molar-refractivity contribution is 1.17. The zero-order valence-corrected chi connectivity index (χ0v) is 32.7. The summed E-state index contributed by atoms with van der Waals surface area (Å²) in [5.74, 6) is 0. The van der Waals surface area contributed by atoms with Gasteiger partial charge in [0.05, 0.1) is 22.1 Å². The van der Waals surface area contributed by atoms with E-state index in [1.807, 2.05) is 0 Å². The molecule has 278 valence electrons. The maximum atomic E-state index is 2.48. The van der Waals surface area contributed by atoms with Gasteiger partial charge in [-0.05, 0) is 114 Å². The van der Waals surface area contributed by atoms with E-state index in [4.69, 9.17) is 0 Å². The van der Waals surface area contributed by atoms with Crippen molar-refractivity contribution in [3.63, 3.8) is 0 Å². The van der Waals surface area contributed by atoms with Crippen molar-refractivity contribution in [3.8, 4) is 33.6 Å². The van der Waals surface area contributed by atoms with Crippen molar-refractivity contribution in [2.24, 2.45) is 0 Å². The first-order chi connectivity index (χ1) is 29.8. The Kier molecular flexibility index (Phi) is 7.05. The molecule has 0 saturated carbocycles. The van der Waals surface area contributed by atoms with Crippen LogP contribution in [0.1, 0.15) is 0 Å².